The highest BCUT2D eigenvalue weighted by atomic mass is 16.5. The molecule has 4 aromatic rings. The van der Waals surface area contributed by atoms with E-state index in [1.54, 1.807) is 60.7 Å². The van der Waals surface area contributed by atoms with Crippen LogP contribution >= 0.6 is 0 Å². The van der Waals surface area contributed by atoms with Crippen LogP contribution in [-0.4, -0.2) is 43.1 Å². The van der Waals surface area contributed by atoms with Crippen LogP contribution in [0.4, 0.5) is 5.82 Å². The Hall–Kier alpha value is -4.79. The van der Waals surface area contributed by atoms with Gasteiger partial charge in [0.25, 0.3) is 5.91 Å². The molecule has 9 nitrogen and oxygen atoms in total. The molecule has 1 aliphatic heterocycles. The number of Topliss-reactive ketones (excluding diaryl/α,β-unsaturated/α-hetero) is 1. The lowest BCUT2D eigenvalue weighted by Crippen LogP contribution is -2.31. The molecular formula is C27H22N2O7. The number of amides is 1. The molecule has 5 rings (SSSR count). The molecule has 0 fully saturated rings. The predicted octanol–water partition coefficient (Wildman–Crippen LogP) is 4.64. The van der Waals surface area contributed by atoms with E-state index in [0.717, 1.165) is 0 Å². The topological polar surface area (TPSA) is 111 Å². The second-order valence-corrected chi connectivity index (χ2v) is 7.96. The molecule has 0 bridgehead atoms. The lowest BCUT2D eigenvalue weighted by molar-refractivity contribution is -0.117. The van der Waals surface area contributed by atoms with Crippen molar-refractivity contribution in [1.82, 2.24) is 4.98 Å². The first-order valence-electron chi connectivity index (χ1n) is 11.0. The number of ketones is 1. The summed E-state index contributed by atoms with van der Waals surface area (Å²) in [7, 11) is 4.49. The van der Waals surface area contributed by atoms with E-state index in [-0.39, 0.29) is 17.2 Å². The fourth-order valence-corrected chi connectivity index (χ4v) is 4.35. The molecular weight excluding hydrogens is 464 g/mol. The van der Waals surface area contributed by atoms with Gasteiger partial charge < -0.3 is 23.7 Å². The van der Waals surface area contributed by atoms with Gasteiger partial charge in [0.15, 0.2) is 34.4 Å². The quantitative estimate of drug-likeness (QED) is 0.376. The smallest absolute Gasteiger partial charge is 0.295 e. The van der Waals surface area contributed by atoms with Gasteiger partial charge in [-0.3, -0.25) is 14.5 Å². The number of carbonyl (C=O) groups is 2. The number of aliphatic hydroxyl groups excluding tert-OH is 1. The van der Waals surface area contributed by atoms with E-state index in [9.17, 15) is 14.7 Å². The zero-order valence-corrected chi connectivity index (χ0v) is 19.7. The summed E-state index contributed by atoms with van der Waals surface area (Å²) in [5, 5.41) is 11.6. The number of nitrogens with zero attached hydrogens (tertiary/aromatic N) is 2. The Kier molecular flexibility index (Phi) is 5.81. The third-order valence-corrected chi connectivity index (χ3v) is 6.02. The van der Waals surface area contributed by atoms with Gasteiger partial charge >= 0.3 is 0 Å². The molecule has 0 aliphatic carbocycles. The maximum atomic E-state index is 13.8. The number of anilines is 1. The summed E-state index contributed by atoms with van der Waals surface area (Å²) >= 11 is 0. The molecule has 2 aromatic heterocycles. The highest BCUT2D eigenvalue weighted by Gasteiger charge is 2.46. The number of methoxy groups -OCH3 is 3. The van der Waals surface area contributed by atoms with Gasteiger partial charge in [-0.15, -0.1) is 0 Å². The van der Waals surface area contributed by atoms with Gasteiger partial charge in [-0.2, -0.15) is 0 Å². The van der Waals surface area contributed by atoms with E-state index < -0.39 is 23.5 Å². The van der Waals surface area contributed by atoms with Gasteiger partial charge in [0, 0.05) is 11.6 Å². The van der Waals surface area contributed by atoms with E-state index in [2.05, 4.69) is 4.98 Å². The summed E-state index contributed by atoms with van der Waals surface area (Å²) in [5.74, 6) is -0.532. The number of rotatable bonds is 7. The number of benzene rings is 2. The predicted molar refractivity (Wildman–Crippen MR) is 131 cm³/mol. The molecule has 9 heteroatoms. The molecule has 0 spiro atoms. The Morgan fingerprint density at radius 1 is 0.944 bits per heavy atom. The second kappa shape index (κ2) is 9.10. The van der Waals surface area contributed by atoms with Crippen molar-refractivity contribution >= 4 is 28.5 Å². The van der Waals surface area contributed by atoms with Crippen LogP contribution in [0.2, 0.25) is 0 Å². The fourth-order valence-electron chi connectivity index (χ4n) is 4.35. The highest BCUT2D eigenvalue weighted by Crippen LogP contribution is 2.44. The van der Waals surface area contributed by atoms with Crippen molar-refractivity contribution in [2.24, 2.45) is 0 Å². The van der Waals surface area contributed by atoms with Crippen molar-refractivity contribution < 1.29 is 33.3 Å². The summed E-state index contributed by atoms with van der Waals surface area (Å²) in [5.41, 5.74) is 0.751. The van der Waals surface area contributed by atoms with Gasteiger partial charge in [-0.05, 0) is 42.0 Å². The standard InChI is InChI=1S/C27H22N2O7/c1-33-17-11-10-15(13-19(17)35-3)23-22(25(31)27(32)29(23)21-9-4-5-12-28-21)24(30)20-14-16-7-6-8-18(34-2)26(16)36-20/h4-14,23,31H,1-3H3. The van der Waals surface area contributed by atoms with Crippen molar-refractivity contribution in [2.75, 3.05) is 26.2 Å². The van der Waals surface area contributed by atoms with Gasteiger partial charge in [-0.25, -0.2) is 4.98 Å². The van der Waals surface area contributed by atoms with Crippen LogP contribution in [0.3, 0.4) is 0 Å². The first kappa shape index (κ1) is 23.0. The van der Waals surface area contributed by atoms with Crippen LogP contribution in [0.5, 0.6) is 17.2 Å². The van der Waals surface area contributed by atoms with E-state index in [0.29, 0.717) is 33.8 Å². The number of aliphatic hydroxyl groups is 1. The number of furan rings is 1. The SMILES string of the molecule is COc1ccc(C2C(C(=O)c3cc4cccc(OC)c4o3)=C(O)C(=O)N2c2ccccn2)cc1OC. The number of hydrogen-bond acceptors (Lipinski definition) is 8. The van der Waals surface area contributed by atoms with Gasteiger partial charge in [0.2, 0.25) is 5.78 Å². The van der Waals surface area contributed by atoms with E-state index in [1.807, 2.05) is 0 Å². The zero-order chi connectivity index (χ0) is 25.4. The van der Waals surface area contributed by atoms with Crippen LogP contribution in [0.25, 0.3) is 11.0 Å². The third kappa shape index (κ3) is 3.61. The first-order chi connectivity index (χ1) is 17.5. The largest absolute Gasteiger partial charge is 0.503 e. The number of carbonyl (C=O) groups excluding carboxylic acids is 2. The van der Waals surface area contributed by atoms with E-state index in [4.69, 9.17) is 18.6 Å². The molecule has 1 N–H and O–H groups in total. The van der Waals surface area contributed by atoms with Crippen LogP contribution in [0.1, 0.15) is 22.2 Å². The molecule has 36 heavy (non-hydrogen) atoms. The summed E-state index contributed by atoms with van der Waals surface area (Å²) in [6.45, 7) is 0. The number of pyridine rings is 1. The van der Waals surface area contributed by atoms with Crippen LogP contribution in [0, 0.1) is 0 Å². The molecule has 3 heterocycles. The van der Waals surface area contributed by atoms with Gasteiger partial charge in [0.05, 0.1) is 32.9 Å². The average Bonchev–Trinajstić information content (AvgIpc) is 3.47. The number of para-hydroxylation sites is 1. The molecule has 1 atom stereocenters. The maximum absolute atomic E-state index is 13.8. The molecule has 0 saturated carbocycles. The lowest BCUT2D eigenvalue weighted by atomic mass is 9.94. The van der Waals surface area contributed by atoms with Crippen LogP contribution < -0.4 is 19.1 Å². The van der Waals surface area contributed by atoms with Gasteiger partial charge in [0.1, 0.15) is 5.82 Å². The van der Waals surface area contributed by atoms with Crippen molar-refractivity contribution in [3.63, 3.8) is 0 Å². The first-order valence-corrected chi connectivity index (χ1v) is 11.0. The molecule has 1 unspecified atom stereocenters. The normalized spacial score (nSPS) is 15.5. The molecule has 1 aliphatic rings. The van der Waals surface area contributed by atoms with Gasteiger partial charge in [-0.1, -0.05) is 24.3 Å². The molecule has 1 amide bonds. The highest BCUT2D eigenvalue weighted by molar-refractivity contribution is 6.20. The van der Waals surface area contributed by atoms with Crippen molar-refractivity contribution in [3.8, 4) is 17.2 Å². The summed E-state index contributed by atoms with van der Waals surface area (Å²) in [6, 6.07) is 15.9. The summed E-state index contributed by atoms with van der Waals surface area (Å²) in [4.78, 5) is 32.7. The van der Waals surface area contributed by atoms with Crippen LogP contribution in [0.15, 0.2) is 82.6 Å². The second-order valence-electron chi connectivity index (χ2n) is 7.96. The minimum Gasteiger partial charge on any atom is -0.503 e. The zero-order valence-electron chi connectivity index (χ0n) is 19.7. The van der Waals surface area contributed by atoms with Crippen molar-refractivity contribution in [1.29, 1.82) is 0 Å². The minimum absolute atomic E-state index is 0.0443. The summed E-state index contributed by atoms with van der Waals surface area (Å²) < 4.78 is 21.9. The van der Waals surface area contributed by atoms with Crippen LogP contribution in [-0.2, 0) is 4.79 Å². The minimum atomic E-state index is -1.00. The Bertz CT molecular complexity index is 1510. The number of fused-ring (bicyclic) bond motifs is 1. The molecule has 0 radical (unpaired) electrons. The number of ether oxygens (including phenoxy) is 3. The number of hydrogen-bond donors (Lipinski definition) is 1. The maximum Gasteiger partial charge on any atom is 0.295 e. The fraction of sp³-hybridized carbons (Fsp3) is 0.148. The lowest BCUT2D eigenvalue weighted by Gasteiger charge is -2.26. The average molecular weight is 486 g/mol. The Morgan fingerprint density at radius 2 is 1.72 bits per heavy atom. The Balaban J connectivity index is 1.68. The third-order valence-electron chi connectivity index (χ3n) is 6.02. The Morgan fingerprint density at radius 3 is 2.42 bits per heavy atom. The molecule has 0 saturated heterocycles. The Labute approximate surface area is 206 Å². The number of aromatic nitrogens is 1. The van der Waals surface area contributed by atoms with E-state index in [1.165, 1.54) is 32.4 Å². The monoisotopic (exact) mass is 486 g/mol. The van der Waals surface area contributed by atoms with Crippen molar-refractivity contribution in [3.05, 3.63) is 89.5 Å². The van der Waals surface area contributed by atoms with Crippen molar-refractivity contribution in [2.45, 2.75) is 6.04 Å². The van der Waals surface area contributed by atoms with E-state index >= 15 is 0 Å². The molecule has 2 aromatic carbocycles. The summed E-state index contributed by atoms with van der Waals surface area (Å²) in [6.07, 6.45) is 1.52. The molecule has 182 valence electrons.